The standard InChI is InChI=1S/C21H41N2O/c1-4-6-7-8-9-10-11-12-13-14-15-16-17-21-22-18-19-23(21,5-2)20(3)24/h12-13,18,20-21,24H,4-11,14-17,19H2,1-3H3/q+1/b13-12+. The van der Waals surface area contributed by atoms with Crippen molar-refractivity contribution in [1.82, 2.24) is 0 Å². The lowest BCUT2D eigenvalue weighted by Gasteiger charge is -2.40. The van der Waals surface area contributed by atoms with E-state index in [-0.39, 0.29) is 12.4 Å². The molecule has 0 aromatic carbocycles. The number of unbranched alkanes of at least 4 members (excludes halogenated alkanes) is 8. The SMILES string of the molecule is CCCCCCCC/C=C/CCCCC1N=CC[N+]1(CC)C(C)O. The van der Waals surface area contributed by atoms with Crippen LogP contribution in [-0.2, 0) is 0 Å². The predicted octanol–water partition coefficient (Wildman–Crippen LogP) is 5.44. The van der Waals surface area contributed by atoms with Crippen molar-refractivity contribution in [2.75, 3.05) is 13.1 Å². The highest BCUT2D eigenvalue weighted by Gasteiger charge is 2.41. The Morgan fingerprint density at radius 2 is 1.67 bits per heavy atom. The maximum atomic E-state index is 10.1. The van der Waals surface area contributed by atoms with Crippen molar-refractivity contribution in [3.63, 3.8) is 0 Å². The van der Waals surface area contributed by atoms with Crippen LogP contribution in [-0.4, -0.2) is 41.3 Å². The number of nitrogens with zero attached hydrogens (tertiary/aromatic N) is 2. The number of aliphatic imine (C=N–C) groups is 1. The molecule has 140 valence electrons. The van der Waals surface area contributed by atoms with Crippen LogP contribution in [0.4, 0.5) is 0 Å². The highest BCUT2D eigenvalue weighted by Crippen LogP contribution is 2.26. The van der Waals surface area contributed by atoms with Gasteiger partial charge in [0.25, 0.3) is 0 Å². The minimum Gasteiger partial charge on any atom is -0.345 e. The lowest BCUT2D eigenvalue weighted by atomic mass is 10.1. The Kier molecular flexibility index (Phi) is 11.3. The average molecular weight is 338 g/mol. The smallest absolute Gasteiger partial charge is 0.189 e. The maximum absolute atomic E-state index is 10.1. The van der Waals surface area contributed by atoms with Crippen molar-refractivity contribution in [2.24, 2.45) is 4.99 Å². The highest BCUT2D eigenvalue weighted by molar-refractivity contribution is 5.60. The first-order valence-electron chi connectivity index (χ1n) is 10.4. The number of aliphatic hydroxyl groups is 1. The molecule has 3 nitrogen and oxygen atoms in total. The van der Waals surface area contributed by atoms with Crippen LogP contribution in [0.1, 0.15) is 91.4 Å². The molecule has 0 amide bonds. The van der Waals surface area contributed by atoms with Gasteiger partial charge in [-0.25, -0.2) is 4.99 Å². The molecule has 3 atom stereocenters. The first-order valence-corrected chi connectivity index (χ1v) is 10.4. The van der Waals surface area contributed by atoms with Crippen molar-refractivity contribution in [3.8, 4) is 0 Å². The van der Waals surface area contributed by atoms with Crippen LogP contribution in [0.5, 0.6) is 0 Å². The molecule has 1 N–H and O–H groups in total. The zero-order valence-electron chi connectivity index (χ0n) is 16.4. The normalized spacial score (nSPS) is 24.9. The zero-order valence-corrected chi connectivity index (χ0v) is 16.4. The molecule has 0 saturated carbocycles. The molecule has 0 saturated heterocycles. The Morgan fingerprint density at radius 1 is 1.04 bits per heavy atom. The second-order valence-corrected chi connectivity index (χ2v) is 7.36. The Hall–Kier alpha value is -0.670. The molecule has 0 aliphatic carbocycles. The number of aliphatic hydroxyl groups excluding tert-OH is 1. The van der Waals surface area contributed by atoms with Gasteiger partial charge in [0.2, 0.25) is 0 Å². The summed E-state index contributed by atoms with van der Waals surface area (Å²) in [5.41, 5.74) is 0. The van der Waals surface area contributed by atoms with Crippen LogP contribution in [0, 0.1) is 0 Å². The summed E-state index contributed by atoms with van der Waals surface area (Å²) in [6.45, 7) is 8.19. The fourth-order valence-corrected chi connectivity index (χ4v) is 3.78. The van der Waals surface area contributed by atoms with Crippen LogP contribution < -0.4 is 0 Å². The van der Waals surface area contributed by atoms with Gasteiger partial charge in [-0.2, -0.15) is 0 Å². The van der Waals surface area contributed by atoms with Gasteiger partial charge in [0, 0.05) is 13.3 Å². The molecule has 0 bridgehead atoms. The van der Waals surface area contributed by atoms with E-state index in [0.29, 0.717) is 0 Å². The van der Waals surface area contributed by atoms with Crippen LogP contribution in [0.25, 0.3) is 0 Å². The van der Waals surface area contributed by atoms with Gasteiger partial charge >= 0.3 is 0 Å². The molecule has 0 spiro atoms. The van der Waals surface area contributed by atoms with E-state index in [9.17, 15) is 5.11 Å². The van der Waals surface area contributed by atoms with E-state index in [4.69, 9.17) is 0 Å². The van der Waals surface area contributed by atoms with Crippen LogP contribution in [0.3, 0.4) is 0 Å². The topological polar surface area (TPSA) is 32.6 Å². The van der Waals surface area contributed by atoms with Gasteiger partial charge < -0.3 is 5.11 Å². The molecule has 0 radical (unpaired) electrons. The van der Waals surface area contributed by atoms with Gasteiger partial charge in [0.05, 0.1) is 12.8 Å². The van der Waals surface area contributed by atoms with Gasteiger partial charge in [-0.1, -0.05) is 51.2 Å². The Balaban J connectivity index is 2.05. The summed E-state index contributed by atoms with van der Waals surface area (Å²) in [4.78, 5) is 4.64. The number of quaternary nitrogens is 1. The van der Waals surface area contributed by atoms with Crippen molar-refractivity contribution >= 4 is 6.21 Å². The third-order valence-electron chi connectivity index (χ3n) is 5.60. The van der Waals surface area contributed by atoms with E-state index in [1.54, 1.807) is 0 Å². The molecule has 1 rings (SSSR count). The number of hydrogen-bond donors (Lipinski definition) is 1. The minimum atomic E-state index is -0.320. The van der Waals surface area contributed by atoms with Crippen molar-refractivity contribution in [2.45, 2.75) is 104 Å². The second kappa shape index (κ2) is 12.7. The van der Waals surface area contributed by atoms with Gasteiger partial charge in [0.1, 0.15) is 6.54 Å². The summed E-state index contributed by atoms with van der Waals surface area (Å²) in [5.74, 6) is 0. The fourth-order valence-electron chi connectivity index (χ4n) is 3.78. The first-order chi connectivity index (χ1) is 11.7. The van der Waals surface area contributed by atoms with E-state index >= 15 is 0 Å². The zero-order chi connectivity index (χ0) is 17.7. The molecule has 3 unspecified atom stereocenters. The third kappa shape index (κ3) is 7.06. The minimum absolute atomic E-state index is 0.266. The number of hydrogen-bond acceptors (Lipinski definition) is 2. The number of allylic oxidation sites excluding steroid dienone is 2. The van der Waals surface area contributed by atoms with Crippen LogP contribution in [0.15, 0.2) is 17.1 Å². The molecule has 3 heteroatoms. The summed E-state index contributed by atoms with van der Waals surface area (Å²) >= 11 is 0. The molecule has 1 heterocycles. The molecule has 1 aliphatic rings. The molecular formula is C21H41N2O+. The molecular weight excluding hydrogens is 296 g/mol. The summed E-state index contributed by atoms with van der Waals surface area (Å²) in [6.07, 6.45) is 21.0. The van der Waals surface area contributed by atoms with E-state index in [2.05, 4.69) is 31.0 Å². The molecule has 0 fully saturated rings. The highest BCUT2D eigenvalue weighted by atomic mass is 16.3. The Labute approximate surface area is 150 Å². The van der Waals surface area contributed by atoms with E-state index in [1.807, 2.05) is 13.1 Å². The first kappa shape index (κ1) is 21.4. The van der Waals surface area contributed by atoms with Gasteiger partial charge in [-0.15, -0.1) is 0 Å². The average Bonchev–Trinajstić information content (AvgIpc) is 3.00. The van der Waals surface area contributed by atoms with E-state index in [0.717, 1.165) is 24.0 Å². The summed E-state index contributed by atoms with van der Waals surface area (Å²) in [7, 11) is 0. The molecule has 0 aromatic rings. The lowest BCUT2D eigenvalue weighted by molar-refractivity contribution is -0.976. The van der Waals surface area contributed by atoms with Crippen LogP contribution >= 0.6 is 0 Å². The maximum Gasteiger partial charge on any atom is 0.189 e. The van der Waals surface area contributed by atoms with Gasteiger partial charge in [-0.05, 0) is 39.0 Å². The monoisotopic (exact) mass is 337 g/mol. The fraction of sp³-hybridized carbons (Fsp3) is 0.857. The third-order valence-corrected chi connectivity index (χ3v) is 5.60. The summed E-state index contributed by atoms with van der Waals surface area (Å²) < 4.78 is 0.730. The molecule has 1 aliphatic heterocycles. The summed E-state index contributed by atoms with van der Waals surface area (Å²) in [6, 6.07) is 0. The Bertz CT molecular complexity index is 365. The number of rotatable bonds is 14. The van der Waals surface area contributed by atoms with Crippen molar-refractivity contribution in [1.29, 1.82) is 0 Å². The second-order valence-electron chi connectivity index (χ2n) is 7.36. The van der Waals surface area contributed by atoms with Gasteiger partial charge in [0.15, 0.2) is 12.4 Å². The molecule has 24 heavy (non-hydrogen) atoms. The van der Waals surface area contributed by atoms with Gasteiger partial charge in [-0.3, -0.25) is 4.48 Å². The van der Waals surface area contributed by atoms with Crippen molar-refractivity contribution in [3.05, 3.63) is 12.2 Å². The van der Waals surface area contributed by atoms with Crippen LogP contribution in [0.2, 0.25) is 0 Å². The quantitative estimate of drug-likeness (QED) is 0.255. The van der Waals surface area contributed by atoms with E-state index < -0.39 is 0 Å². The predicted molar refractivity (Wildman–Crippen MR) is 105 cm³/mol. The largest absolute Gasteiger partial charge is 0.345 e. The summed E-state index contributed by atoms with van der Waals surface area (Å²) in [5, 5.41) is 10.1. The van der Waals surface area contributed by atoms with E-state index in [1.165, 1.54) is 64.2 Å². The van der Waals surface area contributed by atoms with Crippen molar-refractivity contribution < 1.29 is 9.59 Å². The lowest BCUT2D eigenvalue weighted by Crippen LogP contribution is -2.57. The molecule has 0 aromatic heterocycles. The Morgan fingerprint density at radius 3 is 2.29 bits per heavy atom.